The van der Waals surface area contributed by atoms with Crippen molar-refractivity contribution in [1.82, 2.24) is 0 Å². The smallest absolute Gasteiger partial charge is 0.166 e. The first-order chi connectivity index (χ1) is 14.7. The Bertz CT molecular complexity index is 991. The van der Waals surface area contributed by atoms with Crippen molar-refractivity contribution in [2.45, 2.75) is 20.1 Å². The van der Waals surface area contributed by atoms with Crippen molar-refractivity contribution in [3.63, 3.8) is 0 Å². The Morgan fingerprint density at radius 3 is 2.53 bits per heavy atom. The molecule has 30 heavy (non-hydrogen) atoms. The van der Waals surface area contributed by atoms with Crippen LogP contribution in [0.5, 0.6) is 23.0 Å². The topological polar surface area (TPSA) is 49.0 Å². The fourth-order valence-corrected chi connectivity index (χ4v) is 3.35. The van der Waals surface area contributed by atoms with Crippen LogP contribution in [-0.2, 0) is 13.2 Å². The van der Waals surface area contributed by atoms with Gasteiger partial charge in [-0.2, -0.15) is 0 Å². The number of hydrogen-bond donors (Lipinski definition) is 1. The van der Waals surface area contributed by atoms with Crippen LogP contribution in [0.1, 0.15) is 18.1 Å². The molecular formula is C24H24ClNO4. The first-order valence-electron chi connectivity index (χ1n) is 9.98. The predicted molar refractivity (Wildman–Crippen MR) is 118 cm³/mol. The van der Waals surface area contributed by atoms with Crippen molar-refractivity contribution in [1.29, 1.82) is 0 Å². The van der Waals surface area contributed by atoms with Crippen molar-refractivity contribution >= 4 is 17.3 Å². The molecule has 3 aromatic rings. The van der Waals surface area contributed by atoms with Crippen LogP contribution in [0.15, 0.2) is 60.7 Å². The molecule has 0 saturated carbocycles. The van der Waals surface area contributed by atoms with Gasteiger partial charge in [0.2, 0.25) is 0 Å². The SMILES string of the molecule is CCOc1cccc(CNc2ccc3c(c2)OCCO3)c1OCc1ccc(Cl)cc1. The molecule has 5 nitrogen and oxygen atoms in total. The van der Waals surface area contributed by atoms with Crippen LogP contribution in [0.25, 0.3) is 0 Å². The van der Waals surface area contributed by atoms with E-state index in [9.17, 15) is 0 Å². The third kappa shape index (κ3) is 4.92. The minimum atomic E-state index is 0.429. The lowest BCUT2D eigenvalue weighted by atomic mass is 10.1. The maximum Gasteiger partial charge on any atom is 0.166 e. The summed E-state index contributed by atoms with van der Waals surface area (Å²) < 4.78 is 23.2. The van der Waals surface area contributed by atoms with Gasteiger partial charge in [-0.05, 0) is 42.8 Å². The van der Waals surface area contributed by atoms with E-state index in [1.807, 2.05) is 67.6 Å². The molecule has 1 aliphatic rings. The van der Waals surface area contributed by atoms with Crippen LogP contribution >= 0.6 is 11.6 Å². The molecule has 0 aliphatic carbocycles. The second-order valence-corrected chi connectivity index (χ2v) is 7.24. The number of para-hydroxylation sites is 1. The average Bonchev–Trinajstić information content (AvgIpc) is 2.78. The Morgan fingerprint density at radius 1 is 0.933 bits per heavy atom. The van der Waals surface area contributed by atoms with E-state index in [1.165, 1.54) is 0 Å². The van der Waals surface area contributed by atoms with Gasteiger partial charge in [-0.25, -0.2) is 0 Å². The first kappa shape index (κ1) is 20.2. The summed E-state index contributed by atoms with van der Waals surface area (Å²) in [7, 11) is 0. The fraction of sp³-hybridized carbons (Fsp3) is 0.250. The molecule has 0 unspecified atom stereocenters. The summed E-state index contributed by atoms with van der Waals surface area (Å²) in [5.74, 6) is 3.00. The zero-order valence-corrected chi connectivity index (χ0v) is 17.6. The standard InChI is InChI=1S/C24H24ClNO4/c1-2-27-22-5-3-4-18(24(22)30-16-17-6-8-19(25)9-7-17)15-26-20-10-11-21-23(14-20)29-13-12-28-21/h3-11,14,26H,2,12-13,15-16H2,1H3. The van der Waals surface area contributed by atoms with E-state index >= 15 is 0 Å². The molecule has 0 radical (unpaired) electrons. The third-order valence-electron chi connectivity index (χ3n) is 4.68. The highest BCUT2D eigenvalue weighted by Crippen LogP contribution is 2.35. The number of fused-ring (bicyclic) bond motifs is 1. The molecule has 0 spiro atoms. The largest absolute Gasteiger partial charge is 0.490 e. The van der Waals surface area contributed by atoms with Crippen molar-refractivity contribution in [2.24, 2.45) is 0 Å². The third-order valence-corrected chi connectivity index (χ3v) is 4.93. The van der Waals surface area contributed by atoms with Crippen LogP contribution in [0, 0.1) is 0 Å². The Hall–Kier alpha value is -3.05. The molecule has 0 amide bonds. The molecule has 0 atom stereocenters. The van der Waals surface area contributed by atoms with E-state index in [2.05, 4.69) is 5.32 Å². The second kappa shape index (κ2) is 9.63. The van der Waals surface area contributed by atoms with Crippen LogP contribution in [0.4, 0.5) is 5.69 Å². The van der Waals surface area contributed by atoms with Crippen molar-refractivity contribution in [3.05, 3.63) is 76.8 Å². The van der Waals surface area contributed by atoms with Gasteiger partial charge >= 0.3 is 0 Å². The van der Waals surface area contributed by atoms with Crippen molar-refractivity contribution < 1.29 is 18.9 Å². The van der Waals surface area contributed by atoms with Crippen molar-refractivity contribution in [3.8, 4) is 23.0 Å². The fourth-order valence-electron chi connectivity index (χ4n) is 3.22. The molecule has 156 valence electrons. The molecule has 0 saturated heterocycles. The van der Waals surface area contributed by atoms with E-state index in [0.29, 0.717) is 38.0 Å². The van der Waals surface area contributed by atoms with Crippen LogP contribution in [0.3, 0.4) is 0 Å². The summed E-state index contributed by atoms with van der Waals surface area (Å²) in [5.41, 5.74) is 2.99. The van der Waals surface area contributed by atoms with Gasteiger partial charge in [0.25, 0.3) is 0 Å². The van der Waals surface area contributed by atoms with E-state index in [0.717, 1.165) is 39.8 Å². The summed E-state index contributed by atoms with van der Waals surface area (Å²) >= 11 is 5.98. The maximum absolute atomic E-state index is 6.17. The number of rotatable bonds is 8. The highest BCUT2D eigenvalue weighted by atomic mass is 35.5. The van der Waals surface area contributed by atoms with Crippen LogP contribution in [-0.4, -0.2) is 19.8 Å². The van der Waals surface area contributed by atoms with Crippen LogP contribution in [0.2, 0.25) is 5.02 Å². The molecule has 4 rings (SSSR count). The van der Waals surface area contributed by atoms with E-state index < -0.39 is 0 Å². The Kier molecular flexibility index (Phi) is 6.50. The van der Waals surface area contributed by atoms with Gasteiger partial charge in [0, 0.05) is 28.9 Å². The Labute approximate surface area is 181 Å². The summed E-state index contributed by atoms with van der Waals surface area (Å²) in [4.78, 5) is 0. The number of anilines is 1. The van der Waals surface area contributed by atoms with Gasteiger partial charge in [-0.1, -0.05) is 35.9 Å². The summed E-state index contributed by atoms with van der Waals surface area (Å²) in [5, 5.41) is 4.14. The molecule has 0 bridgehead atoms. The quantitative estimate of drug-likeness (QED) is 0.501. The van der Waals surface area contributed by atoms with E-state index in [4.69, 9.17) is 30.5 Å². The van der Waals surface area contributed by atoms with Gasteiger partial charge in [-0.15, -0.1) is 0 Å². The lowest BCUT2D eigenvalue weighted by Gasteiger charge is -2.20. The molecule has 0 aromatic heterocycles. The Balaban J connectivity index is 1.50. The zero-order valence-electron chi connectivity index (χ0n) is 16.8. The van der Waals surface area contributed by atoms with E-state index in [1.54, 1.807) is 0 Å². The molecule has 1 heterocycles. The number of benzene rings is 3. The van der Waals surface area contributed by atoms with Gasteiger partial charge in [0.05, 0.1) is 6.61 Å². The van der Waals surface area contributed by atoms with Gasteiger partial charge in [0.1, 0.15) is 19.8 Å². The zero-order chi connectivity index (χ0) is 20.8. The lowest BCUT2D eigenvalue weighted by Crippen LogP contribution is -2.15. The number of nitrogens with one attached hydrogen (secondary N) is 1. The predicted octanol–water partition coefficient (Wildman–Crippen LogP) is 5.70. The molecule has 1 aliphatic heterocycles. The molecular weight excluding hydrogens is 402 g/mol. The number of halogens is 1. The number of ether oxygens (including phenoxy) is 4. The molecule has 0 fully saturated rings. The minimum absolute atomic E-state index is 0.429. The van der Waals surface area contributed by atoms with Crippen molar-refractivity contribution in [2.75, 3.05) is 25.1 Å². The normalized spacial score (nSPS) is 12.3. The highest BCUT2D eigenvalue weighted by molar-refractivity contribution is 6.30. The van der Waals surface area contributed by atoms with Gasteiger partial charge < -0.3 is 24.3 Å². The van der Waals surface area contributed by atoms with Gasteiger partial charge in [-0.3, -0.25) is 0 Å². The second-order valence-electron chi connectivity index (χ2n) is 6.80. The van der Waals surface area contributed by atoms with Crippen LogP contribution < -0.4 is 24.3 Å². The maximum atomic E-state index is 6.17. The van der Waals surface area contributed by atoms with E-state index in [-0.39, 0.29) is 0 Å². The average molecular weight is 426 g/mol. The molecule has 6 heteroatoms. The molecule has 3 aromatic carbocycles. The summed E-state index contributed by atoms with van der Waals surface area (Å²) in [6, 6.07) is 19.4. The summed E-state index contributed by atoms with van der Waals surface area (Å²) in [6.45, 7) is 4.68. The lowest BCUT2D eigenvalue weighted by molar-refractivity contribution is 0.171. The molecule has 1 N–H and O–H groups in total. The minimum Gasteiger partial charge on any atom is -0.490 e. The monoisotopic (exact) mass is 425 g/mol. The first-order valence-corrected chi connectivity index (χ1v) is 10.4. The number of hydrogen-bond acceptors (Lipinski definition) is 5. The van der Waals surface area contributed by atoms with Gasteiger partial charge in [0.15, 0.2) is 23.0 Å². The highest BCUT2D eigenvalue weighted by Gasteiger charge is 2.14. The Morgan fingerprint density at radius 2 is 1.73 bits per heavy atom. The summed E-state index contributed by atoms with van der Waals surface area (Å²) in [6.07, 6.45) is 0.